The molecule has 1 aromatic carbocycles. The van der Waals surface area contributed by atoms with E-state index in [-0.39, 0.29) is 36.4 Å². The molecule has 0 bridgehead atoms. The van der Waals surface area contributed by atoms with Gasteiger partial charge in [0.05, 0.1) is 0 Å². The van der Waals surface area contributed by atoms with Gasteiger partial charge >= 0.3 is 0 Å². The van der Waals surface area contributed by atoms with Gasteiger partial charge < -0.3 is 11.1 Å². The van der Waals surface area contributed by atoms with Gasteiger partial charge in [-0.05, 0) is 42.1 Å². The monoisotopic (exact) mass is 365 g/mol. The highest BCUT2D eigenvalue weighted by atomic mass is 35.5. The number of carbonyl (C=O) groups excluding carboxylic acids is 3. The summed E-state index contributed by atoms with van der Waals surface area (Å²) in [4.78, 5) is 39.3. The minimum Gasteiger partial charge on any atom is -0.370 e. The van der Waals surface area contributed by atoms with E-state index in [2.05, 4.69) is 10.3 Å². The van der Waals surface area contributed by atoms with Gasteiger partial charge in [0.2, 0.25) is 11.0 Å². The number of pyridine rings is 1. The molecule has 0 aliphatic heterocycles. The average Bonchev–Trinajstić information content (AvgIpc) is 2.55. The molecule has 2 rings (SSSR count). The summed E-state index contributed by atoms with van der Waals surface area (Å²) in [6.07, 6.45) is 3.17. The average molecular weight is 366 g/mol. The number of thioether (sulfide) groups is 1. The highest BCUT2D eigenvalue weighted by Gasteiger charge is 2.11. The highest BCUT2D eigenvalue weighted by molar-refractivity contribution is 8.14. The Kier molecular flexibility index (Phi) is 7.94. The third kappa shape index (κ3) is 6.02. The summed E-state index contributed by atoms with van der Waals surface area (Å²) in [7, 11) is 0. The summed E-state index contributed by atoms with van der Waals surface area (Å²) in [5.41, 5.74) is 5.92. The van der Waals surface area contributed by atoms with Gasteiger partial charge in [-0.3, -0.25) is 19.4 Å². The molecular weight excluding hydrogens is 350 g/mol. The molecule has 0 unspecified atom stereocenters. The zero-order valence-corrected chi connectivity index (χ0v) is 14.2. The molecular formula is C16H16ClN3O3S. The molecule has 2 amide bonds. The van der Waals surface area contributed by atoms with Crippen LogP contribution in [0.1, 0.15) is 27.1 Å². The molecule has 0 aliphatic carbocycles. The van der Waals surface area contributed by atoms with Gasteiger partial charge in [0.25, 0.3) is 5.91 Å². The van der Waals surface area contributed by atoms with Crippen LogP contribution in [0.2, 0.25) is 0 Å². The lowest BCUT2D eigenvalue weighted by molar-refractivity contribution is -0.117. The van der Waals surface area contributed by atoms with E-state index in [9.17, 15) is 14.4 Å². The molecule has 126 valence electrons. The zero-order chi connectivity index (χ0) is 16.7. The minimum absolute atomic E-state index is 0. The Balaban J connectivity index is 0.00000288. The predicted molar refractivity (Wildman–Crippen MR) is 94.3 cm³/mol. The molecule has 1 aromatic heterocycles. The molecule has 0 aliphatic rings. The molecule has 1 heterocycles. The molecule has 0 saturated carbocycles. The lowest BCUT2D eigenvalue weighted by Gasteiger charge is -2.06. The molecule has 24 heavy (non-hydrogen) atoms. The van der Waals surface area contributed by atoms with Crippen molar-refractivity contribution in [2.75, 3.05) is 6.54 Å². The van der Waals surface area contributed by atoms with Crippen LogP contribution in [0.4, 0.5) is 0 Å². The normalized spacial score (nSPS) is 9.67. The van der Waals surface area contributed by atoms with Gasteiger partial charge in [0.1, 0.15) is 0 Å². The lowest BCUT2D eigenvalue weighted by Crippen LogP contribution is -2.27. The first-order valence-corrected chi connectivity index (χ1v) is 7.66. The maximum absolute atomic E-state index is 12.1. The van der Waals surface area contributed by atoms with Gasteiger partial charge in [-0.2, -0.15) is 0 Å². The number of benzene rings is 1. The van der Waals surface area contributed by atoms with Crippen molar-refractivity contribution >= 4 is 41.1 Å². The van der Waals surface area contributed by atoms with Crippen molar-refractivity contribution in [3.63, 3.8) is 0 Å². The topological polar surface area (TPSA) is 102 Å². The fraction of sp³-hybridized carbons (Fsp3) is 0.125. The number of hydrogen-bond acceptors (Lipinski definition) is 5. The van der Waals surface area contributed by atoms with Gasteiger partial charge in [-0.15, -0.1) is 12.4 Å². The quantitative estimate of drug-likeness (QED) is 0.762. The maximum Gasteiger partial charge on any atom is 0.251 e. The smallest absolute Gasteiger partial charge is 0.251 e. The van der Waals surface area contributed by atoms with Crippen LogP contribution in [0.5, 0.6) is 0 Å². The number of nitrogens with two attached hydrogens (primary N) is 1. The van der Waals surface area contributed by atoms with Gasteiger partial charge in [-0.1, -0.05) is 6.07 Å². The second-order valence-electron chi connectivity index (χ2n) is 4.63. The largest absolute Gasteiger partial charge is 0.370 e. The van der Waals surface area contributed by atoms with Crippen LogP contribution in [-0.2, 0) is 4.79 Å². The van der Waals surface area contributed by atoms with E-state index in [0.717, 1.165) is 11.8 Å². The molecule has 3 N–H and O–H groups in total. The standard InChI is InChI=1S/C16H15N3O3S.ClH/c17-14(20)6-8-19-15(21)11-3-1-5-13(9-11)23-16(22)12-4-2-7-18-10-12;/h1-5,7,9-10H,6,8H2,(H2,17,20)(H,19,21);1H. The Morgan fingerprint density at radius 1 is 1.12 bits per heavy atom. The van der Waals surface area contributed by atoms with E-state index >= 15 is 0 Å². The van der Waals surface area contributed by atoms with Crippen LogP contribution < -0.4 is 11.1 Å². The fourth-order valence-corrected chi connectivity index (χ4v) is 2.54. The van der Waals surface area contributed by atoms with Gasteiger partial charge in [-0.25, -0.2) is 0 Å². The molecule has 0 saturated heterocycles. The van der Waals surface area contributed by atoms with Crippen molar-refractivity contribution in [2.24, 2.45) is 5.73 Å². The summed E-state index contributed by atoms with van der Waals surface area (Å²) in [5, 5.41) is 2.45. The Labute approximate surface area is 149 Å². The molecule has 8 heteroatoms. The van der Waals surface area contributed by atoms with Crippen LogP contribution in [0, 0.1) is 0 Å². The van der Waals surface area contributed by atoms with Crippen molar-refractivity contribution in [3.05, 3.63) is 59.9 Å². The summed E-state index contributed by atoms with van der Waals surface area (Å²) >= 11 is 1.02. The molecule has 6 nitrogen and oxygen atoms in total. The molecule has 0 fully saturated rings. The second kappa shape index (κ2) is 9.69. The van der Waals surface area contributed by atoms with Crippen molar-refractivity contribution in [1.29, 1.82) is 0 Å². The van der Waals surface area contributed by atoms with Crippen LogP contribution >= 0.6 is 24.2 Å². The Hall–Kier alpha value is -2.38. The van der Waals surface area contributed by atoms with E-state index in [1.165, 1.54) is 6.20 Å². The van der Waals surface area contributed by atoms with E-state index in [0.29, 0.717) is 16.0 Å². The molecule has 0 spiro atoms. The van der Waals surface area contributed by atoms with E-state index in [1.807, 2.05) is 0 Å². The second-order valence-corrected chi connectivity index (χ2v) is 5.68. The number of nitrogens with one attached hydrogen (secondary N) is 1. The minimum atomic E-state index is -0.475. The number of carbonyl (C=O) groups is 3. The first-order valence-electron chi connectivity index (χ1n) is 6.85. The van der Waals surface area contributed by atoms with Crippen LogP contribution in [-0.4, -0.2) is 28.5 Å². The summed E-state index contributed by atoms with van der Waals surface area (Å²) < 4.78 is 0. The molecule has 2 aromatic rings. The number of amides is 2. The van der Waals surface area contributed by atoms with Crippen molar-refractivity contribution in [3.8, 4) is 0 Å². The number of halogens is 1. The summed E-state index contributed by atoms with van der Waals surface area (Å²) in [6, 6.07) is 10.1. The van der Waals surface area contributed by atoms with E-state index < -0.39 is 5.91 Å². The molecule has 0 atom stereocenters. The fourth-order valence-electron chi connectivity index (χ4n) is 1.75. The number of primary amides is 1. The number of rotatable bonds is 6. The Morgan fingerprint density at radius 3 is 2.54 bits per heavy atom. The number of nitrogens with zero attached hydrogens (tertiary/aromatic N) is 1. The Morgan fingerprint density at radius 2 is 1.88 bits per heavy atom. The predicted octanol–water partition coefficient (Wildman–Crippen LogP) is 2.04. The first-order chi connectivity index (χ1) is 11.1. The van der Waals surface area contributed by atoms with Gasteiger partial charge in [0.15, 0.2) is 0 Å². The number of hydrogen-bond donors (Lipinski definition) is 2. The summed E-state index contributed by atoms with van der Waals surface area (Å²) in [6.45, 7) is 0.181. The number of aromatic nitrogens is 1. The van der Waals surface area contributed by atoms with Crippen molar-refractivity contribution in [1.82, 2.24) is 10.3 Å². The SMILES string of the molecule is Cl.NC(=O)CCNC(=O)c1cccc(SC(=O)c2cccnc2)c1. The van der Waals surface area contributed by atoms with Crippen LogP contribution in [0.3, 0.4) is 0 Å². The van der Waals surface area contributed by atoms with E-state index in [1.54, 1.807) is 42.6 Å². The first kappa shape index (κ1) is 19.7. The highest BCUT2D eigenvalue weighted by Crippen LogP contribution is 2.23. The Bertz CT molecular complexity index is 726. The lowest BCUT2D eigenvalue weighted by atomic mass is 10.2. The maximum atomic E-state index is 12.1. The van der Waals surface area contributed by atoms with Crippen molar-refractivity contribution in [2.45, 2.75) is 11.3 Å². The third-order valence-corrected chi connectivity index (χ3v) is 3.77. The van der Waals surface area contributed by atoms with Crippen molar-refractivity contribution < 1.29 is 14.4 Å². The van der Waals surface area contributed by atoms with Crippen LogP contribution in [0.15, 0.2) is 53.7 Å². The summed E-state index contributed by atoms with van der Waals surface area (Å²) in [5.74, 6) is -0.792. The van der Waals surface area contributed by atoms with Crippen LogP contribution in [0.25, 0.3) is 0 Å². The molecule has 0 radical (unpaired) electrons. The van der Waals surface area contributed by atoms with Gasteiger partial charge in [0, 0.05) is 41.4 Å². The zero-order valence-electron chi connectivity index (χ0n) is 12.6. The van der Waals surface area contributed by atoms with E-state index in [4.69, 9.17) is 5.73 Å². The third-order valence-electron chi connectivity index (χ3n) is 2.86.